The van der Waals surface area contributed by atoms with Gasteiger partial charge in [-0.3, -0.25) is 0 Å². The van der Waals surface area contributed by atoms with Gasteiger partial charge in [-0.25, -0.2) is 19.3 Å². The maximum absolute atomic E-state index is 12.1. The van der Waals surface area contributed by atoms with Crippen LogP contribution in [0.15, 0.2) is 41.1 Å². The molecule has 0 N–H and O–H groups in total. The second-order valence-corrected chi connectivity index (χ2v) is 8.52. The van der Waals surface area contributed by atoms with Crippen LogP contribution in [0.3, 0.4) is 0 Å². The highest BCUT2D eigenvalue weighted by atomic mass is 35.5. The van der Waals surface area contributed by atoms with E-state index >= 15 is 0 Å². The minimum absolute atomic E-state index is 0.218. The number of ether oxygens (including phenoxy) is 2. The minimum atomic E-state index is -0.396. The third-order valence-corrected chi connectivity index (χ3v) is 6.52. The van der Waals surface area contributed by atoms with Crippen LogP contribution in [0.5, 0.6) is 5.75 Å². The Morgan fingerprint density at radius 2 is 2.09 bits per heavy atom. The summed E-state index contributed by atoms with van der Waals surface area (Å²) in [5, 5.41) is 5.80. The molecule has 0 saturated heterocycles. The molecule has 0 saturated carbocycles. The Bertz CT molecular complexity index is 1470. The maximum atomic E-state index is 12.1. The summed E-state index contributed by atoms with van der Waals surface area (Å²) in [5.41, 5.74) is 2.30. The van der Waals surface area contributed by atoms with Gasteiger partial charge in [0.1, 0.15) is 34.2 Å². The molecular formula is C22H17ClN4O4S. The molecule has 0 bridgehead atoms. The third-order valence-electron chi connectivity index (χ3n) is 5.04. The molecule has 0 fully saturated rings. The number of fused-ring (bicyclic) bond motifs is 3. The fraction of sp³-hybridized carbons (Fsp3) is 0.182. The zero-order valence-corrected chi connectivity index (χ0v) is 19.0. The van der Waals surface area contributed by atoms with Crippen molar-refractivity contribution in [2.75, 3.05) is 7.11 Å². The number of aryl methyl sites for hydroxylation is 2. The molecule has 32 heavy (non-hydrogen) atoms. The second-order valence-electron chi connectivity index (χ2n) is 7.12. The number of carbonyl (C=O) groups is 1. The fourth-order valence-corrected chi connectivity index (χ4v) is 4.78. The average molecular weight is 469 g/mol. The van der Waals surface area contributed by atoms with Gasteiger partial charge in [0.15, 0.2) is 11.4 Å². The summed E-state index contributed by atoms with van der Waals surface area (Å²) in [6.07, 6.45) is 1.57. The Kier molecular flexibility index (Phi) is 5.07. The van der Waals surface area contributed by atoms with E-state index in [1.165, 1.54) is 18.4 Å². The van der Waals surface area contributed by atoms with Crippen molar-refractivity contribution in [2.45, 2.75) is 20.5 Å². The predicted molar refractivity (Wildman–Crippen MR) is 120 cm³/mol. The van der Waals surface area contributed by atoms with Crippen LogP contribution in [0.25, 0.3) is 27.4 Å². The van der Waals surface area contributed by atoms with Crippen molar-refractivity contribution < 1.29 is 18.7 Å². The lowest BCUT2D eigenvalue weighted by atomic mass is 10.2. The molecule has 0 aliphatic carbocycles. The Morgan fingerprint density at radius 3 is 2.88 bits per heavy atom. The summed E-state index contributed by atoms with van der Waals surface area (Å²) < 4.78 is 18.2. The molecule has 8 nitrogen and oxygen atoms in total. The Hall–Kier alpha value is -3.43. The van der Waals surface area contributed by atoms with Crippen LogP contribution in [-0.4, -0.2) is 32.7 Å². The van der Waals surface area contributed by atoms with E-state index in [2.05, 4.69) is 15.1 Å². The summed E-state index contributed by atoms with van der Waals surface area (Å²) >= 11 is 7.49. The van der Waals surface area contributed by atoms with E-state index in [4.69, 9.17) is 25.5 Å². The van der Waals surface area contributed by atoms with Crippen molar-refractivity contribution in [1.29, 1.82) is 0 Å². The molecule has 1 aromatic carbocycles. The number of para-hydroxylation sites is 1. The SMILES string of the molecule is COC(=O)c1sc2ncn3nc(-c4ccc(COc5c(C)cccc5Cl)o4)nc3c2c1C. The van der Waals surface area contributed by atoms with Crippen LogP contribution < -0.4 is 4.74 Å². The van der Waals surface area contributed by atoms with Crippen molar-refractivity contribution >= 4 is 44.8 Å². The molecule has 162 valence electrons. The quantitative estimate of drug-likeness (QED) is 0.326. The van der Waals surface area contributed by atoms with Crippen molar-refractivity contribution in [3.05, 3.63) is 63.4 Å². The van der Waals surface area contributed by atoms with Crippen molar-refractivity contribution in [3.63, 3.8) is 0 Å². The normalized spacial score (nSPS) is 11.4. The van der Waals surface area contributed by atoms with Gasteiger partial charge in [0.25, 0.3) is 0 Å². The number of thiophene rings is 1. The van der Waals surface area contributed by atoms with E-state index in [0.717, 1.165) is 16.5 Å². The van der Waals surface area contributed by atoms with Crippen LogP contribution in [0.2, 0.25) is 5.02 Å². The molecule has 4 aromatic heterocycles. The lowest BCUT2D eigenvalue weighted by molar-refractivity contribution is 0.0605. The van der Waals surface area contributed by atoms with Crippen LogP contribution in [-0.2, 0) is 11.3 Å². The number of hydrogen-bond donors (Lipinski definition) is 0. The highest BCUT2D eigenvalue weighted by molar-refractivity contribution is 7.20. The number of rotatable bonds is 5. The lowest BCUT2D eigenvalue weighted by Crippen LogP contribution is -1.99. The smallest absolute Gasteiger partial charge is 0.348 e. The van der Waals surface area contributed by atoms with Crippen molar-refractivity contribution in [1.82, 2.24) is 19.6 Å². The van der Waals surface area contributed by atoms with Crippen molar-refractivity contribution in [2.24, 2.45) is 0 Å². The molecule has 0 radical (unpaired) electrons. The van der Waals surface area contributed by atoms with Crippen molar-refractivity contribution in [3.8, 4) is 17.3 Å². The molecule has 0 amide bonds. The van der Waals surface area contributed by atoms with E-state index < -0.39 is 5.97 Å². The van der Waals surface area contributed by atoms with Gasteiger partial charge in [-0.1, -0.05) is 23.7 Å². The first-order valence-corrected chi connectivity index (χ1v) is 10.9. The van der Waals surface area contributed by atoms with E-state index in [9.17, 15) is 4.79 Å². The molecular weight excluding hydrogens is 452 g/mol. The monoisotopic (exact) mass is 468 g/mol. The first kappa shape index (κ1) is 20.5. The highest BCUT2D eigenvalue weighted by Gasteiger charge is 2.21. The largest absolute Gasteiger partial charge is 0.484 e. The zero-order valence-electron chi connectivity index (χ0n) is 17.4. The van der Waals surface area contributed by atoms with E-state index in [1.807, 2.05) is 32.0 Å². The van der Waals surface area contributed by atoms with Gasteiger partial charge in [0, 0.05) is 0 Å². The number of aromatic nitrogens is 4. The average Bonchev–Trinajstić information content (AvgIpc) is 3.49. The number of esters is 1. The molecule has 0 atom stereocenters. The summed E-state index contributed by atoms with van der Waals surface area (Å²) in [6.45, 7) is 4.00. The minimum Gasteiger partial charge on any atom is -0.484 e. The maximum Gasteiger partial charge on any atom is 0.348 e. The van der Waals surface area contributed by atoms with Gasteiger partial charge in [-0.2, -0.15) is 0 Å². The summed E-state index contributed by atoms with van der Waals surface area (Å²) in [5.74, 6) is 1.75. The molecule has 5 aromatic rings. The summed E-state index contributed by atoms with van der Waals surface area (Å²) in [6, 6.07) is 9.19. The molecule has 5 rings (SSSR count). The Morgan fingerprint density at radius 1 is 1.25 bits per heavy atom. The second kappa shape index (κ2) is 7.92. The predicted octanol–water partition coefficient (Wildman–Crippen LogP) is 5.23. The van der Waals surface area contributed by atoms with E-state index in [1.54, 1.807) is 23.0 Å². The number of nitrogens with zero attached hydrogens (tertiary/aromatic N) is 4. The first-order valence-electron chi connectivity index (χ1n) is 9.66. The third kappa shape index (κ3) is 3.39. The topological polar surface area (TPSA) is 91.8 Å². The van der Waals surface area contributed by atoms with Gasteiger partial charge in [0.05, 0.1) is 17.5 Å². The van der Waals surface area contributed by atoms with E-state index in [-0.39, 0.29) is 6.61 Å². The Labute approximate surface area is 191 Å². The van der Waals surface area contributed by atoms with Gasteiger partial charge in [0.2, 0.25) is 5.82 Å². The van der Waals surface area contributed by atoms with Gasteiger partial charge >= 0.3 is 5.97 Å². The van der Waals surface area contributed by atoms with Gasteiger partial charge in [-0.05, 0) is 43.2 Å². The number of benzene rings is 1. The number of methoxy groups -OCH3 is 1. The molecule has 0 aliphatic heterocycles. The highest BCUT2D eigenvalue weighted by Crippen LogP contribution is 2.33. The van der Waals surface area contributed by atoms with Crippen LogP contribution in [0.4, 0.5) is 0 Å². The first-order chi connectivity index (χ1) is 15.5. The molecule has 4 heterocycles. The van der Waals surface area contributed by atoms with Gasteiger partial charge in [-0.15, -0.1) is 16.4 Å². The summed E-state index contributed by atoms with van der Waals surface area (Å²) in [4.78, 5) is 22.3. The lowest BCUT2D eigenvalue weighted by Gasteiger charge is -2.09. The van der Waals surface area contributed by atoms with Crippen LogP contribution in [0.1, 0.15) is 26.6 Å². The number of hydrogen-bond acceptors (Lipinski definition) is 8. The fourth-order valence-electron chi connectivity index (χ4n) is 3.44. The van der Waals surface area contributed by atoms with Crippen LogP contribution in [0, 0.1) is 13.8 Å². The summed E-state index contributed by atoms with van der Waals surface area (Å²) in [7, 11) is 1.36. The molecule has 0 unspecified atom stereocenters. The van der Waals surface area contributed by atoms with E-state index in [0.29, 0.717) is 43.5 Å². The Balaban J connectivity index is 1.47. The molecule has 10 heteroatoms. The number of furan rings is 1. The standard InChI is InChI=1S/C22H17ClN4O4S/c1-11-5-4-6-14(23)17(11)30-9-13-7-8-15(31-13)19-25-20-16-12(2)18(22(28)29-3)32-21(16)24-10-27(20)26-19/h4-8,10H,9H2,1-3H3. The van der Waals surface area contributed by atoms with Gasteiger partial charge < -0.3 is 13.9 Å². The number of halogens is 1. The molecule has 0 spiro atoms. The zero-order chi connectivity index (χ0) is 22.4. The molecule has 0 aliphatic rings. The van der Waals surface area contributed by atoms with Crippen LogP contribution >= 0.6 is 22.9 Å². The number of carbonyl (C=O) groups excluding carboxylic acids is 1.